The number of pyridine rings is 1. The lowest BCUT2D eigenvalue weighted by Crippen LogP contribution is -2.33. The second-order valence-corrected chi connectivity index (χ2v) is 7.52. The van der Waals surface area contributed by atoms with E-state index in [0.29, 0.717) is 13.0 Å². The fourth-order valence-electron chi connectivity index (χ4n) is 3.05. The summed E-state index contributed by atoms with van der Waals surface area (Å²) in [6, 6.07) is 3.94. The Hall–Kier alpha value is -2.67. The highest BCUT2D eigenvalue weighted by atomic mass is 32.1. The van der Waals surface area contributed by atoms with Gasteiger partial charge < -0.3 is 5.32 Å². The molecule has 4 rings (SSSR count). The quantitative estimate of drug-likeness (QED) is 0.769. The molecule has 3 aromatic rings. The largest absolute Gasteiger partial charge is 0.350 e. The third-order valence-corrected chi connectivity index (χ3v) is 5.72. The maximum Gasteiger partial charge on any atom is 0.223 e. The van der Waals surface area contributed by atoms with E-state index in [0.717, 1.165) is 40.5 Å². The third-order valence-electron chi connectivity index (χ3n) is 4.51. The fraction of sp³-hybridized carbons (Fsp3) is 0.316. The number of aromatic nitrogens is 4. The number of thiazole rings is 1. The molecule has 132 valence electrons. The van der Waals surface area contributed by atoms with Crippen molar-refractivity contribution < 1.29 is 4.79 Å². The van der Waals surface area contributed by atoms with Crippen LogP contribution in [0.1, 0.15) is 28.4 Å². The molecule has 1 atom stereocenters. The summed E-state index contributed by atoms with van der Waals surface area (Å²) >= 11 is 1.72. The van der Waals surface area contributed by atoms with E-state index in [1.807, 2.05) is 19.1 Å². The van der Waals surface area contributed by atoms with Crippen LogP contribution < -0.4 is 5.32 Å². The molecule has 0 aliphatic heterocycles. The van der Waals surface area contributed by atoms with Crippen molar-refractivity contribution in [3.8, 4) is 10.6 Å². The average molecular weight is 365 g/mol. The van der Waals surface area contributed by atoms with E-state index in [2.05, 4.69) is 20.3 Å². The fourth-order valence-corrected chi connectivity index (χ4v) is 4.16. The first kappa shape index (κ1) is 16.8. The highest BCUT2D eigenvalue weighted by molar-refractivity contribution is 7.15. The molecule has 0 bridgehead atoms. The van der Waals surface area contributed by atoms with Gasteiger partial charge in [-0.2, -0.15) is 0 Å². The van der Waals surface area contributed by atoms with Crippen LogP contribution in [0, 0.1) is 12.8 Å². The first-order valence-electron chi connectivity index (χ1n) is 8.63. The number of fused-ring (bicyclic) bond motifs is 1. The molecule has 1 aliphatic carbocycles. The lowest BCUT2D eigenvalue weighted by atomic mass is 9.90. The van der Waals surface area contributed by atoms with E-state index in [1.54, 1.807) is 36.1 Å². The smallest absolute Gasteiger partial charge is 0.223 e. The van der Waals surface area contributed by atoms with Gasteiger partial charge in [0, 0.05) is 41.4 Å². The zero-order chi connectivity index (χ0) is 17.9. The molecule has 1 aliphatic rings. The third kappa shape index (κ3) is 3.62. The van der Waals surface area contributed by atoms with Gasteiger partial charge in [-0.1, -0.05) is 0 Å². The van der Waals surface area contributed by atoms with Gasteiger partial charge >= 0.3 is 0 Å². The van der Waals surface area contributed by atoms with Crippen molar-refractivity contribution >= 4 is 17.2 Å². The Bertz CT molecular complexity index is 907. The summed E-state index contributed by atoms with van der Waals surface area (Å²) in [6.07, 6.45) is 9.43. The van der Waals surface area contributed by atoms with Crippen molar-refractivity contribution in [2.24, 2.45) is 5.92 Å². The summed E-state index contributed by atoms with van der Waals surface area (Å²) in [6.45, 7) is 2.30. The van der Waals surface area contributed by atoms with E-state index in [4.69, 9.17) is 4.98 Å². The number of carbonyl (C=O) groups is 1. The minimum Gasteiger partial charge on any atom is -0.350 e. The van der Waals surface area contributed by atoms with Crippen molar-refractivity contribution in [3.63, 3.8) is 0 Å². The van der Waals surface area contributed by atoms with E-state index in [1.165, 1.54) is 4.88 Å². The van der Waals surface area contributed by atoms with Crippen molar-refractivity contribution in [1.82, 2.24) is 25.3 Å². The van der Waals surface area contributed by atoms with E-state index < -0.39 is 0 Å². The van der Waals surface area contributed by atoms with Crippen LogP contribution in [0.3, 0.4) is 0 Å². The summed E-state index contributed by atoms with van der Waals surface area (Å²) in [4.78, 5) is 31.1. The molecule has 0 saturated carbocycles. The van der Waals surface area contributed by atoms with Gasteiger partial charge in [0.2, 0.25) is 5.91 Å². The predicted molar refractivity (Wildman–Crippen MR) is 99.5 cm³/mol. The first-order chi connectivity index (χ1) is 12.7. The van der Waals surface area contributed by atoms with Gasteiger partial charge in [0.1, 0.15) is 5.01 Å². The molecule has 0 fully saturated rings. The van der Waals surface area contributed by atoms with Crippen LogP contribution in [-0.2, 0) is 24.2 Å². The Morgan fingerprint density at radius 2 is 2.12 bits per heavy atom. The van der Waals surface area contributed by atoms with Crippen LogP contribution in [-0.4, -0.2) is 25.8 Å². The molecule has 3 aromatic heterocycles. The van der Waals surface area contributed by atoms with Gasteiger partial charge in [0.15, 0.2) is 0 Å². The van der Waals surface area contributed by atoms with Crippen LogP contribution >= 0.6 is 11.3 Å². The minimum atomic E-state index is -0.0340. The maximum absolute atomic E-state index is 12.5. The van der Waals surface area contributed by atoms with Gasteiger partial charge in [-0.05, 0) is 31.9 Å². The number of hydrogen-bond donors (Lipinski definition) is 1. The summed E-state index contributed by atoms with van der Waals surface area (Å²) in [5.41, 5.74) is 3.78. The number of nitrogens with zero attached hydrogens (tertiary/aromatic N) is 4. The van der Waals surface area contributed by atoms with Crippen LogP contribution in [0.25, 0.3) is 10.6 Å². The van der Waals surface area contributed by atoms with Gasteiger partial charge in [-0.3, -0.25) is 19.7 Å². The van der Waals surface area contributed by atoms with Crippen LogP contribution in [0.15, 0.2) is 36.9 Å². The average Bonchev–Trinajstić information content (AvgIpc) is 3.11. The Kier molecular flexibility index (Phi) is 4.71. The SMILES string of the molecule is Cc1cnc(CNC(=O)C2CCc3sc(-c4ccncc4)nc3C2)cn1. The minimum absolute atomic E-state index is 0.0340. The van der Waals surface area contributed by atoms with Crippen LogP contribution in [0.2, 0.25) is 0 Å². The summed E-state index contributed by atoms with van der Waals surface area (Å²) in [5, 5.41) is 3.99. The normalized spacial score (nSPS) is 16.1. The molecule has 1 N–H and O–H groups in total. The number of carbonyl (C=O) groups excluding carboxylic acids is 1. The van der Waals surface area contributed by atoms with E-state index in [-0.39, 0.29) is 11.8 Å². The molecule has 0 aromatic carbocycles. The Morgan fingerprint density at radius 1 is 1.27 bits per heavy atom. The van der Waals surface area contributed by atoms with Crippen molar-refractivity contribution in [3.05, 3.63) is 58.9 Å². The highest BCUT2D eigenvalue weighted by Gasteiger charge is 2.27. The lowest BCUT2D eigenvalue weighted by molar-refractivity contribution is -0.125. The molecule has 1 unspecified atom stereocenters. The summed E-state index contributed by atoms with van der Waals surface area (Å²) in [7, 11) is 0. The van der Waals surface area contributed by atoms with Crippen LogP contribution in [0.5, 0.6) is 0 Å². The lowest BCUT2D eigenvalue weighted by Gasteiger charge is -2.20. The molecule has 6 nitrogen and oxygen atoms in total. The molecule has 7 heteroatoms. The molecular weight excluding hydrogens is 346 g/mol. The zero-order valence-corrected chi connectivity index (χ0v) is 15.3. The maximum atomic E-state index is 12.5. The summed E-state index contributed by atoms with van der Waals surface area (Å²) < 4.78 is 0. The van der Waals surface area contributed by atoms with Gasteiger partial charge in [-0.25, -0.2) is 4.98 Å². The van der Waals surface area contributed by atoms with Crippen molar-refractivity contribution in [2.75, 3.05) is 0 Å². The van der Waals surface area contributed by atoms with Gasteiger partial charge in [0.25, 0.3) is 0 Å². The zero-order valence-electron chi connectivity index (χ0n) is 14.5. The molecule has 26 heavy (non-hydrogen) atoms. The van der Waals surface area contributed by atoms with E-state index >= 15 is 0 Å². The predicted octanol–water partition coefficient (Wildman–Crippen LogP) is 2.72. The standard InChI is InChI=1S/C19H19N5OS/c1-12-9-22-15(10-21-12)11-23-18(25)14-2-3-17-16(8-14)24-19(26-17)13-4-6-20-7-5-13/h4-7,9-10,14H,2-3,8,11H2,1H3,(H,23,25). The number of amides is 1. The Balaban J connectivity index is 1.40. The van der Waals surface area contributed by atoms with Gasteiger partial charge in [0.05, 0.1) is 29.8 Å². The molecule has 3 heterocycles. The number of nitrogens with one attached hydrogen (secondary N) is 1. The van der Waals surface area contributed by atoms with E-state index in [9.17, 15) is 4.79 Å². The van der Waals surface area contributed by atoms with Crippen molar-refractivity contribution in [2.45, 2.75) is 32.7 Å². The van der Waals surface area contributed by atoms with Crippen LogP contribution in [0.4, 0.5) is 0 Å². The number of hydrogen-bond acceptors (Lipinski definition) is 6. The molecular formula is C19H19N5OS. The monoisotopic (exact) mass is 365 g/mol. The second-order valence-electron chi connectivity index (χ2n) is 6.43. The number of aryl methyl sites for hydroxylation is 2. The van der Waals surface area contributed by atoms with Crippen molar-refractivity contribution in [1.29, 1.82) is 0 Å². The Morgan fingerprint density at radius 3 is 2.88 bits per heavy atom. The first-order valence-corrected chi connectivity index (χ1v) is 9.45. The Labute approximate surface area is 155 Å². The summed E-state index contributed by atoms with van der Waals surface area (Å²) in [5.74, 6) is 0.0322. The highest BCUT2D eigenvalue weighted by Crippen LogP contribution is 2.34. The molecule has 0 spiro atoms. The van der Waals surface area contributed by atoms with Gasteiger partial charge in [-0.15, -0.1) is 11.3 Å². The number of rotatable bonds is 4. The second kappa shape index (κ2) is 7.29. The molecule has 1 amide bonds. The topological polar surface area (TPSA) is 80.7 Å². The molecule has 0 saturated heterocycles. The molecule has 0 radical (unpaired) electrons.